The molecule has 0 aliphatic rings. The summed E-state index contributed by atoms with van der Waals surface area (Å²) in [6.07, 6.45) is 5.24. The molecule has 130 valence electrons. The molecule has 0 unspecified atom stereocenters. The van der Waals surface area contributed by atoms with Crippen LogP contribution in [-0.4, -0.2) is 20.7 Å². The largest absolute Gasteiger partial charge is 0.461 e. The van der Waals surface area contributed by atoms with Crippen LogP contribution in [0.25, 0.3) is 33.6 Å². The Morgan fingerprint density at radius 3 is 2.59 bits per heavy atom. The average molecular weight is 353 g/mol. The lowest BCUT2D eigenvalue weighted by Crippen LogP contribution is -2.03. The molecule has 5 heteroatoms. The van der Waals surface area contributed by atoms with Crippen LogP contribution < -0.4 is 0 Å². The first kappa shape index (κ1) is 15.4. The van der Waals surface area contributed by atoms with Gasteiger partial charge >= 0.3 is 0 Å². The van der Waals surface area contributed by atoms with Gasteiger partial charge in [-0.2, -0.15) is 0 Å². The van der Waals surface area contributed by atoms with Crippen LogP contribution in [0.5, 0.6) is 0 Å². The van der Waals surface area contributed by atoms with E-state index < -0.39 is 0 Å². The monoisotopic (exact) mass is 353 g/mol. The molecule has 0 saturated heterocycles. The number of hydrogen-bond donors (Lipinski definition) is 2. The van der Waals surface area contributed by atoms with Gasteiger partial charge in [-0.25, -0.2) is 4.98 Å². The third-order valence-corrected chi connectivity index (χ3v) is 4.56. The molecule has 2 aromatic carbocycles. The molecule has 5 nitrogen and oxygen atoms in total. The third-order valence-electron chi connectivity index (χ3n) is 4.56. The predicted molar refractivity (Wildman–Crippen MR) is 105 cm³/mol. The van der Waals surface area contributed by atoms with Crippen molar-refractivity contribution in [3.63, 3.8) is 0 Å². The second kappa shape index (κ2) is 6.14. The van der Waals surface area contributed by atoms with E-state index in [1.807, 2.05) is 60.8 Å². The number of rotatable bonds is 4. The Morgan fingerprint density at radius 1 is 0.963 bits per heavy atom. The van der Waals surface area contributed by atoms with Crippen molar-refractivity contribution in [2.75, 3.05) is 0 Å². The van der Waals surface area contributed by atoms with Gasteiger partial charge in [0.25, 0.3) is 0 Å². The van der Waals surface area contributed by atoms with Crippen molar-refractivity contribution in [3.8, 4) is 0 Å². The number of aromatic amines is 2. The summed E-state index contributed by atoms with van der Waals surface area (Å²) in [5.74, 6) is 0.578. The topological polar surface area (TPSA) is 74.7 Å². The molecule has 0 fully saturated rings. The molecule has 0 spiro atoms. The Hall–Kier alpha value is -3.86. The Labute approximate surface area is 154 Å². The smallest absolute Gasteiger partial charge is 0.231 e. The lowest BCUT2D eigenvalue weighted by molar-refractivity contribution is 0.103. The molecule has 3 heterocycles. The highest BCUT2D eigenvalue weighted by atomic mass is 16.3. The van der Waals surface area contributed by atoms with Crippen LogP contribution in [0.4, 0.5) is 0 Å². The second-order valence-corrected chi connectivity index (χ2v) is 6.26. The van der Waals surface area contributed by atoms with E-state index in [0.717, 1.165) is 27.5 Å². The van der Waals surface area contributed by atoms with E-state index in [4.69, 9.17) is 4.42 Å². The van der Waals surface area contributed by atoms with Gasteiger partial charge in [-0.1, -0.05) is 30.3 Å². The molecule has 0 saturated carbocycles. The molecule has 0 bridgehead atoms. The van der Waals surface area contributed by atoms with Crippen LogP contribution in [0.3, 0.4) is 0 Å². The van der Waals surface area contributed by atoms with E-state index in [9.17, 15) is 4.79 Å². The fraction of sp³-hybridized carbons (Fsp3) is 0. The molecule has 0 atom stereocenters. The summed E-state index contributed by atoms with van der Waals surface area (Å²) in [4.78, 5) is 24.2. The zero-order valence-corrected chi connectivity index (χ0v) is 14.3. The van der Waals surface area contributed by atoms with E-state index in [-0.39, 0.29) is 11.5 Å². The van der Waals surface area contributed by atoms with Crippen molar-refractivity contribution in [2.24, 2.45) is 0 Å². The van der Waals surface area contributed by atoms with Crippen molar-refractivity contribution in [2.45, 2.75) is 0 Å². The number of furan rings is 1. The number of imidazole rings is 1. The summed E-state index contributed by atoms with van der Waals surface area (Å²) in [5.41, 5.74) is 4.07. The van der Waals surface area contributed by atoms with Crippen LogP contribution in [0, 0.1) is 0 Å². The van der Waals surface area contributed by atoms with Gasteiger partial charge in [0.2, 0.25) is 5.78 Å². The van der Waals surface area contributed by atoms with Crippen LogP contribution in [-0.2, 0) is 0 Å². The Morgan fingerprint density at radius 2 is 1.78 bits per heavy atom. The summed E-state index contributed by atoms with van der Waals surface area (Å²) < 4.78 is 5.34. The number of nitrogens with zero attached hydrogens (tertiary/aromatic N) is 1. The number of para-hydroxylation sites is 3. The number of hydrogen-bond acceptors (Lipinski definition) is 3. The van der Waals surface area contributed by atoms with Gasteiger partial charge in [0.15, 0.2) is 5.76 Å². The quantitative estimate of drug-likeness (QED) is 0.350. The molecular weight excluding hydrogens is 338 g/mol. The second-order valence-electron chi connectivity index (χ2n) is 6.26. The number of carbonyl (C=O) groups is 1. The summed E-state index contributed by atoms with van der Waals surface area (Å²) in [6, 6.07) is 19.0. The Balaban J connectivity index is 1.71. The predicted octanol–water partition coefficient (Wildman–Crippen LogP) is 5.06. The van der Waals surface area contributed by atoms with Crippen LogP contribution in [0.15, 0.2) is 77.5 Å². The van der Waals surface area contributed by atoms with E-state index in [1.54, 1.807) is 12.1 Å². The highest BCUT2D eigenvalue weighted by Crippen LogP contribution is 2.27. The first-order valence-electron chi connectivity index (χ1n) is 8.61. The number of allylic oxidation sites excluding steroid dienone is 1. The standard InChI is InChI=1S/C22H15N3O2/c26-21(20-10-5-11-27-20)16(22-24-18-8-3-4-9-19(18)25-22)12-14-13-23-17-7-2-1-6-15(14)17/h1-13,23H,(H,24,25)/b16-12+. The molecule has 27 heavy (non-hydrogen) atoms. The fourth-order valence-electron chi connectivity index (χ4n) is 3.23. The van der Waals surface area contributed by atoms with Crippen molar-refractivity contribution in [1.82, 2.24) is 15.0 Å². The first-order valence-corrected chi connectivity index (χ1v) is 8.61. The molecule has 0 aliphatic heterocycles. The summed E-state index contributed by atoms with van der Waals surface area (Å²) in [7, 11) is 0. The van der Waals surface area contributed by atoms with Crippen molar-refractivity contribution in [3.05, 3.63) is 90.3 Å². The van der Waals surface area contributed by atoms with Gasteiger partial charge in [0.1, 0.15) is 5.82 Å². The minimum absolute atomic E-state index is 0.218. The molecule has 3 aromatic heterocycles. The minimum atomic E-state index is -0.218. The van der Waals surface area contributed by atoms with Crippen LogP contribution in [0.2, 0.25) is 0 Å². The van der Waals surface area contributed by atoms with Gasteiger partial charge in [-0.05, 0) is 36.4 Å². The number of aromatic nitrogens is 3. The van der Waals surface area contributed by atoms with Gasteiger partial charge in [0, 0.05) is 22.7 Å². The maximum absolute atomic E-state index is 13.1. The van der Waals surface area contributed by atoms with Gasteiger partial charge in [-0.3, -0.25) is 4.79 Å². The molecule has 5 aromatic rings. The van der Waals surface area contributed by atoms with Crippen molar-refractivity contribution >= 4 is 39.4 Å². The highest BCUT2D eigenvalue weighted by molar-refractivity contribution is 6.31. The van der Waals surface area contributed by atoms with E-state index in [2.05, 4.69) is 15.0 Å². The van der Waals surface area contributed by atoms with Crippen LogP contribution in [0.1, 0.15) is 21.9 Å². The number of benzene rings is 2. The molecular formula is C22H15N3O2. The number of nitrogens with one attached hydrogen (secondary N) is 2. The van der Waals surface area contributed by atoms with E-state index >= 15 is 0 Å². The minimum Gasteiger partial charge on any atom is -0.461 e. The molecule has 0 radical (unpaired) electrons. The van der Waals surface area contributed by atoms with E-state index in [1.165, 1.54) is 6.26 Å². The number of fused-ring (bicyclic) bond motifs is 2. The maximum Gasteiger partial charge on any atom is 0.231 e. The SMILES string of the molecule is O=C(/C(=C\c1c[nH]c2ccccc12)c1nc2ccccc2[nH]1)c1ccco1. The zero-order valence-electron chi connectivity index (χ0n) is 14.3. The molecule has 5 rings (SSSR count). The molecule has 0 aliphatic carbocycles. The van der Waals surface area contributed by atoms with Crippen LogP contribution >= 0.6 is 0 Å². The first-order chi connectivity index (χ1) is 13.3. The average Bonchev–Trinajstić information content (AvgIpc) is 3.44. The van der Waals surface area contributed by atoms with Gasteiger partial charge < -0.3 is 14.4 Å². The normalized spacial score (nSPS) is 12.1. The highest BCUT2D eigenvalue weighted by Gasteiger charge is 2.20. The number of carbonyl (C=O) groups excluding carboxylic acids is 1. The summed E-state index contributed by atoms with van der Waals surface area (Å²) in [5, 5.41) is 1.04. The van der Waals surface area contributed by atoms with E-state index in [0.29, 0.717) is 11.4 Å². The molecule has 2 N–H and O–H groups in total. The zero-order chi connectivity index (χ0) is 18.2. The fourth-order valence-corrected chi connectivity index (χ4v) is 3.23. The summed E-state index contributed by atoms with van der Waals surface area (Å²) in [6.45, 7) is 0. The Kier molecular flexibility index (Phi) is 3.50. The van der Waals surface area contributed by atoms with Crippen molar-refractivity contribution < 1.29 is 9.21 Å². The molecule has 0 amide bonds. The maximum atomic E-state index is 13.1. The lowest BCUT2D eigenvalue weighted by atomic mass is 10.0. The third kappa shape index (κ3) is 2.66. The number of ketones is 1. The Bertz CT molecular complexity index is 1260. The van der Waals surface area contributed by atoms with Gasteiger partial charge in [-0.15, -0.1) is 0 Å². The number of Topliss-reactive ketones (excluding diaryl/α,β-unsaturated/α-hetero) is 1. The lowest BCUT2D eigenvalue weighted by Gasteiger charge is -2.02. The number of H-pyrrole nitrogens is 2. The summed E-state index contributed by atoms with van der Waals surface area (Å²) >= 11 is 0. The van der Waals surface area contributed by atoms with Gasteiger partial charge in [0.05, 0.1) is 22.9 Å². The van der Waals surface area contributed by atoms with Crippen molar-refractivity contribution in [1.29, 1.82) is 0 Å².